The fourth-order valence-corrected chi connectivity index (χ4v) is 5.84. The highest BCUT2D eigenvalue weighted by Gasteiger charge is 2.33. The first-order chi connectivity index (χ1) is 14.8. The molecule has 6 nitrogen and oxygen atoms in total. The molecular weight excluding hydrogens is 408 g/mol. The molecule has 1 fully saturated rings. The zero-order valence-electron chi connectivity index (χ0n) is 18.6. The van der Waals surface area contributed by atoms with Gasteiger partial charge in [0, 0.05) is 42.6 Å². The van der Waals surface area contributed by atoms with Gasteiger partial charge in [-0.3, -0.25) is 9.67 Å². The van der Waals surface area contributed by atoms with Crippen molar-refractivity contribution < 1.29 is 8.42 Å². The van der Waals surface area contributed by atoms with E-state index in [4.69, 9.17) is 4.98 Å². The van der Waals surface area contributed by atoms with Crippen LogP contribution in [0.25, 0.3) is 11.1 Å². The van der Waals surface area contributed by atoms with Gasteiger partial charge in [0.2, 0.25) is 10.0 Å². The minimum Gasteiger partial charge on any atom is -0.269 e. The Labute approximate surface area is 185 Å². The van der Waals surface area contributed by atoms with Crippen LogP contribution in [0.15, 0.2) is 53.6 Å². The Kier molecular flexibility index (Phi) is 5.99. The van der Waals surface area contributed by atoms with E-state index in [-0.39, 0.29) is 12.0 Å². The summed E-state index contributed by atoms with van der Waals surface area (Å²) in [5.74, 6) is 0.258. The summed E-state index contributed by atoms with van der Waals surface area (Å²) in [7, 11) is -3.54. The molecule has 0 saturated carbocycles. The first kappa shape index (κ1) is 21.7. The minimum absolute atomic E-state index is 0.125. The summed E-state index contributed by atoms with van der Waals surface area (Å²) in [6, 6.07) is 14.7. The minimum atomic E-state index is -3.54. The Balaban J connectivity index is 1.52. The van der Waals surface area contributed by atoms with Gasteiger partial charge >= 0.3 is 0 Å². The molecule has 0 atom stereocenters. The van der Waals surface area contributed by atoms with Gasteiger partial charge in [-0.1, -0.05) is 30.3 Å². The molecule has 31 heavy (non-hydrogen) atoms. The second-order valence-corrected chi connectivity index (χ2v) is 10.5. The molecule has 1 aliphatic rings. The largest absolute Gasteiger partial charge is 0.269 e. The summed E-state index contributed by atoms with van der Waals surface area (Å²) in [5.41, 5.74) is 4.94. The van der Waals surface area contributed by atoms with E-state index in [0.717, 1.165) is 29.8 Å². The van der Waals surface area contributed by atoms with Crippen molar-refractivity contribution in [3.05, 3.63) is 65.7 Å². The third kappa shape index (κ3) is 4.43. The van der Waals surface area contributed by atoms with Gasteiger partial charge in [0.15, 0.2) is 0 Å². The van der Waals surface area contributed by atoms with Crippen LogP contribution in [0.4, 0.5) is 0 Å². The van der Waals surface area contributed by atoms with Crippen molar-refractivity contribution in [1.29, 1.82) is 0 Å². The second-order valence-electron chi connectivity index (χ2n) is 8.62. The van der Waals surface area contributed by atoms with E-state index in [9.17, 15) is 8.42 Å². The van der Waals surface area contributed by atoms with Crippen molar-refractivity contribution in [2.45, 2.75) is 57.4 Å². The smallest absolute Gasteiger partial charge is 0.246 e. The maximum absolute atomic E-state index is 13.2. The van der Waals surface area contributed by atoms with Crippen molar-refractivity contribution in [1.82, 2.24) is 19.1 Å². The fraction of sp³-hybridized carbons (Fsp3) is 0.417. The van der Waals surface area contributed by atoms with Gasteiger partial charge in [0.1, 0.15) is 4.90 Å². The Morgan fingerprint density at radius 2 is 1.68 bits per heavy atom. The number of pyridine rings is 1. The van der Waals surface area contributed by atoms with Gasteiger partial charge in [-0.2, -0.15) is 9.40 Å². The number of nitrogens with zero attached hydrogens (tertiary/aromatic N) is 4. The van der Waals surface area contributed by atoms with Gasteiger partial charge < -0.3 is 0 Å². The molecule has 2 aromatic heterocycles. The average molecular weight is 439 g/mol. The highest BCUT2D eigenvalue weighted by molar-refractivity contribution is 7.89. The highest BCUT2D eigenvalue weighted by atomic mass is 32.2. The number of benzene rings is 1. The van der Waals surface area contributed by atoms with Crippen LogP contribution in [0.1, 0.15) is 55.7 Å². The molecule has 0 unspecified atom stereocenters. The monoisotopic (exact) mass is 438 g/mol. The number of hydrogen-bond acceptors (Lipinski definition) is 4. The molecule has 1 aromatic carbocycles. The fourth-order valence-electron chi connectivity index (χ4n) is 4.21. The second kappa shape index (κ2) is 8.55. The Morgan fingerprint density at radius 3 is 2.29 bits per heavy atom. The van der Waals surface area contributed by atoms with Gasteiger partial charge in [0.25, 0.3) is 0 Å². The Bertz CT molecular complexity index is 1160. The molecule has 1 aliphatic heterocycles. The lowest BCUT2D eigenvalue weighted by Gasteiger charge is -2.31. The lowest BCUT2D eigenvalue weighted by molar-refractivity contribution is 0.316. The molecule has 164 valence electrons. The van der Waals surface area contributed by atoms with E-state index in [1.807, 2.05) is 39.0 Å². The lowest BCUT2D eigenvalue weighted by Crippen LogP contribution is -2.38. The molecule has 7 heteroatoms. The molecule has 3 heterocycles. The summed E-state index contributed by atoms with van der Waals surface area (Å²) in [4.78, 5) is 5.10. The van der Waals surface area contributed by atoms with E-state index >= 15 is 0 Å². The quantitative estimate of drug-likeness (QED) is 0.578. The SMILES string of the molecule is Cc1cc(-c2ccccc2)cc(C2CCN(S(=O)(=O)c3cn(C(C)C)nc3C)CC2)n1. The van der Waals surface area contributed by atoms with E-state index < -0.39 is 10.0 Å². The van der Waals surface area contributed by atoms with Crippen LogP contribution in [0.5, 0.6) is 0 Å². The van der Waals surface area contributed by atoms with E-state index in [2.05, 4.69) is 29.4 Å². The maximum Gasteiger partial charge on any atom is 0.246 e. The number of piperidine rings is 1. The number of aryl methyl sites for hydroxylation is 2. The van der Waals surface area contributed by atoms with Gasteiger partial charge in [0.05, 0.1) is 5.69 Å². The molecule has 1 saturated heterocycles. The lowest BCUT2D eigenvalue weighted by atomic mass is 9.92. The molecular formula is C24H30N4O2S. The van der Waals surface area contributed by atoms with Crippen LogP contribution in [0, 0.1) is 13.8 Å². The zero-order chi connectivity index (χ0) is 22.2. The molecule has 0 bridgehead atoms. The molecule has 0 radical (unpaired) electrons. The summed E-state index contributed by atoms with van der Waals surface area (Å²) in [5, 5.41) is 4.38. The number of rotatable bonds is 5. The number of aromatic nitrogens is 3. The van der Waals surface area contributed by atoms with Crippen LogP contribution in [-0.4, -0.2) is 40.6 Å². The number of hydrogen-bond donors (Lipinski definition) is 0. The summed E-state index contributed by atoms with van der Waals surface area (Å²) in [6.45, 7) is 8.76. The predicted molar refractivity (Wildman–Crippen MR) is 122 cm³/mol. The number of sulfonamides is 1. The third-order valence-corrected chi connectivity index (χ3v) is 7.97. The maximum atomic E-state index is 13.2. The van der Waals surface area contributed by atoms with Crippen molar-refractivity contribution >= 4 is 10.0 Å². The van der Waals surface area contributed by atoms with E-state index in [1.165, 1.54) is 5.56 Å². The van der Waals surface area contributed by atoms with E-state index in [0.29, 0.717) is 23.7 Å². The van der Waals surface area contributed by atoms with E-state index in [1.54, 1.807) is 22.1 Å². The molecule has 0 N–H and O–H groups in total. The summed E-state index contributed by atoms with van der Waals surface area (Å²) >= 11 is 0. The highest BCUT2D eigenvalue weighted by Crippen LogP contribution is 2.33. The summed E-state index contributed by atoms with van der Waals surface area (Å²) < 4.78 is 29.8. The Morgan fingerprint density at radius 1 is 1.00 bits per heavy atom. The van der Waals surface area contributed by atoms with Crippen molar-refractivity contribution in [3.8, 4) is 11.1 Å². The molecule has 0 spiro atoms. The van der Waals surface area contributed by atoms with Crippen molar-refractivity contribution in [2.24, 2.45) is 0 Å². The Hall–Kier alpha value is -2.51. The summed E-state index contributed by atoms with van der Waals surface area (Å²) in [6.07, 6.45) is 3.19. The predicted octanol–water partition coefficient (Wildman–Crippen LogP) is 4.71. The first-order valence-corrected chi connectivity index (χ1v) is 12.3. The molecule has 0 amide bonds. The van der Waals surface area contributed by atoms with Gasteiger partial charge in [-0.15, -0.1) is 0 Å². The van der Waals surface area contributed by atoms with Crippen LogP contribution < -0.4 is 0 Å². The standard InChI is InChI=1S/C24H30N4O2S/c1-17(2)28-16-24(19(4)26-28)31(29,30)27-12-10-21(11-13-27)23-15-22(14-18(3)25-23)20-8-6-5-7-9-20/h5-9,14-17,21H,10-13H2,1-4H3. The van der Waals surface area contributed by atoms with Crippen molar-refractivity contribution in [2.75, 3.05) is 13.1 Å². The van der Waals surface area contributed by atoms with Crippen LogP contribution in [-0.2, 0) is 10.0 Å². The topological polar surface area (TPSA) is 68.1 Å². The van der Waals surface area contributed by atoms with Crippen LogP contribution >= 0.6 is 0 Å². The average Bonchev–Trinajstić information content (AvgIpc) is 3.17. The first-order valence-electron chi connectivity index (χ1n) is 10.9. The third-order valence-electron chi connectivity index (χ3n) is 5.97. The van der Waals surface area contributed by atoms with Gasteiger partial charge in [-0.25, -0.2) is 8.42 Å². The van der Waals surface area contributed by atoms with Crippen LogP contribution in [0.2, 0.25) is 0 Å². The normalized spacial score (nSPS) is 16.2. The van der Waals surface area contributed by atoms with Gasteiger partial charge in [-0.05, 0) is 63.8 Å². The molecule has 4 rings (SSSR count). The van der Waals surface area contributed by atoms with Crippen LogP contribution in [0.3, 0.4) is 0 Å². The van der Waals surface area contributed by atoms with Crippen molar-refractivity contribution in [3.63, 3.8) is 0 Å². The zero-order valence-corrected chi connectivity index (χ0v) is 19.4. The molecule has 3 aromatic rings. The molecule has 0 aliphatic carbocycles.